The van der Waals surface area contributed by atoms with Crippen LogP contribution in [0.2, 0.25) is 0 Å². The van der Waals surface area contributed by atoms with Crippen LogP contribution in [-0.4, -0.2) is 21.4 Å². The van der Waals surface area contributed by atoms with Crippen LogP contribution in [0.3, 0.4) is 0 Å². The van der Waals surface area contributed by atoms with E-state index in [0.717, 1.165) is 23.9 Å². The summed E-state index contributed by atoms with van der Waals surface area (Å²) < 4.78 is 2.87. The van der Waals surface area contributed by atoms with Crippen LogP contribution in [0.5, 0.6) is 0 Å². The summed E-state index contributed by atoms with van der Waals surface area (Å²) in [7, 11) is 0. The van der Waals surface area contributed by atoms with Crippen LogP contribution in [0.25, 0.3) is 0 Å². The average molecular weight is 299 g/mol. The van der Waals surface area contributed by atoms with Crippen molar-refractivity contribution in [1.82, 2.24) is 15.1 Å². The standard InChI is InChI=1S/C12H19BrN4/c1-10(2)16-12(3,9-14)5-4-6-17-8-11(13)7-15-17/h7-8,10,16H,4-6H2,1-3H3. The number of hydrogen-bond acceptors (Lipinski definition) is 3. The molecule has 0 aromatic carbocycles. The molecular weight excluding hydrogens is 280 g/mol. The van der Waals surface area contributed by atoms with Gasteiger partial charge in [0.15, 0.2) is 0 Å². The molecule has 5 heteroatoms. The fourth-order valence-corrected chi connectivity index (χ4v) is 2.18. The molecule has 94 valence electrons. The number of hydrogen-bond donors (Lipinski definition) is 1. The summed E-state index contributed by atoms with van der Waals surface area (Å²) in [5.41, 5.74) is -0.446. The predicted molar refractivity (Wildman–Crippen MR) is 71.5 cm³/mol. The Morgan fingerprint density at radius 3 is 2.82 bits per heavy atom. The van der Waals surface area contributed by atoms with E-state index in [1.807, 2.05) is 17.8 Å². The van der Waals surface area contributed by atoms with Crippen molar-refractivity contribution in [2.24, 2.45) is 0 Å². The number of aryl methyl sites for hydroxylation is 1. The minimum atomic E-state index is -0.446. The van der Waals surface area contributed by atoms with E-state index in [9.17, 15) is 5.26 Å². The second kappa shape index (κ2) is 6.18. The fraction of sp³-hybridized carbons (Fsp3) is 0.667. The lowest BCUT2D eigenvalue weighted by Crippen LogP contribution is -2.45. The molecule has 0 spiro atoms. The number of nitriles is 1. The molecule has 0 saturated carbocycles. The molecule has 0 radical (unpaired) electrons. The minimum absolute atomic E-state index is 0.318. The molecule has 4 nitrogen and oxygen atoms in total. The Hall–Kier alpha value is -0.860. The highest BCUT2D eigenvalue weighted by Crippen LogP contribution is 2.14. The molecule has 1 heterocycles. The molecule has 1 atom stereocenters. The third kappa shape index (κ3) is 4.88. The monoisotopic (exact) mass is 298 g/mol. The Balaban J connectivity index is 2.41. The first kappa shape index (κ1) is 14.2. The summed E-state index contributed by atoms with van der Waals surface area (Å²) in [5, 5.41) is 16.7. The Labute approximate surface area is 111 Å². The van der Waals surface area contributed by atoms with Crippen molar-refractivity contribution in [3.05, 3.63) is 16.9 Å². The van der Waals surface area contributed by atoms with Crippen molar-refractivity contribution in [2.45, 2.75) is 51.7 Å². The smallest absolute Gasteiger partial charge is 0.104 e. The van der Waals surface area contributed by atoms with Crippen LogP contribution in [0, 0.1) is 11.3 Å². The van der Waals surface area contributed by atoms with Crippen molar-refractivity contribution in [3.63, 3.8) is 0 Å². The number of aromatic nitrogens is 2. The first-order chi connectivity index (χ1) is 7.95. The van der Waals surface area contributed by atoms with Gasteiger partial charge in [-0.3, -0.25) is 10.00 Å². The van der Waals surface area contributed by atoms with Gasteiger partial charge in [0.25, 0.3) is 0 Å². The highest BCUT2D eigenvalue weighted by Gasteiger charge is 2.23. The van der Waals surface area contributed by atoms with Gasteiger partial charge in [-0.15, -0.1) is 0 Å². The maximum absolute atomic E-state index is 9.19. The lowest BCUT2D eigenvalue weighted by atomic mass is 9.96. The van der Waals surface area contributed by atoms with Crippen LogP contribution in [0.1, 0.15) is 33.6 Å². The van der Waals surface area contributed by atoms with Gasteiger partial charge in [-0.25, -0.2) is 0 Å². The van der Waals surface area contributed by atoms with Gasteiger partial charge >= 0.3 is 0 Å². The van der Waals surface area contributed by atoms with Gasteiger partial charge in [0.2, 0.25) is 0 Å². The summed E-state index contributed by atoms with van der Waals surface area (Å²) >= 11 is 3.36. The van der Waals surface area contributed by atoms with Gasteiger partial charge in [0.05, 0.1) is 16.7 Å². The molecule has 1 N–H and O–H groups in total. The largest absolute Gasteiger partial charge is 0.297 e. The van der Waals surface area contributed by atoms with E-state index < -0.39 is 5.54 Å². The van der Waals surface area contributed by atoms with E-state index in [0.29, 0.717) is 6.04 Å². The number of nitrogens with zero attached hydrogens (tertiary/aromatic N) is 3. The van der Waals surface area contributed by atoms with E-state index in [1.54, 1.807) is 6.20 Å². The van der Waals surface area contributed by atoms with E-state index in [-0.39, 0.29) is 0 Å². The summed E-state index contributed by atoms with van der Waals surface area (Å²) in [4.78, 5) is 0. The third-order valence-corrected chi connectivity index (χ3v) is 2.93. The number of rotatable bonds is 6. The Kier molecular flexibility index (Phi) is 5.16. The van der Waals surface area contributed by atoms with Crippen LogP contribution in [-0.2, 0) is 6.54 Å². The Morgan fingerprint density at radius 2 is 2.35 bits per heavy atom. The maximum Gasteiger partial charge on any atom is 0.104 e. The molecule has 0 fully saturated rings. The van der Waals surface area contributed by atoms with E-state index >= 15 is 0 Å². The van der Waals surface area contributed by atoms with Gasteiger partial charge in [0, 0.05) is 18.8 Å². The van der Waals surface area contributed by atoms with Crippen molar-refractivity contribution >= 4 is 15.9 Å². The van der Waals surface area contributed by atoms with Gasteiger partial charge < -0.3 is 0 Å². The van der Waals surface area contributed by atoms with Crippen molar-refractivity contribution < 1.29 is 0 Å². The second-order valence-electron chi connectivity index (χ2n) is 4.77. The van der Waals surface area contributed by atoms with Crippen molar-refractivity contribution in [2.75, 3.05) is 0 Å². The molecule has 1 unspecified atom stereocenters. The SMILES string of the molecule is CC(C)NC(C)(C#N)CCCn1cc(Br)cn1. The van der Waals surface area contributed by atoms with Gasteiger partial charge in [-0.2, -0.15) is 10.4 Å². The summed E-state index contributed by atoms with van der Waals surface area (Å²) in [6.45, 7) is 6.90. The minimum Gasteiger partial charge on any atom is -0.297 e. The highest BCUT2D eigenvalue weighted by molar-refractivity contribution is 9.10. The average Bonchev–Trinajstić information content (AvgIpc) is 2.63. The van der Waals surface area contributed by atoms with Crippen LogP contribution in [0.4, 0.5) is 0 Å². The topological polar surface area (TPSA) is 53.6 Å². The Bertz CT molecular complexity index is 393. The van der Waals surface area contributed by atoms with Gasteiger partial charge in [-0.05, 0) is 49.5 Å². The quantitative estimate of drug-likeness (QED) is 0.878. The molecular formula is C12H19BrN4. The highest BCUT2D eigenvalue weighted by atomic mass is 79.9. The molecule has 0 bridgehead atoms. The van der Waals surface area contributed by atoms with Crippen molar-refractivity contribution in [1.29, 1.82) is 5.26 Å². The van der Waals surface area contributed by atoms with Gasteiger partial charge in [0.1, 0.15) is 5.54 Å². The molecule has 17 heavy (non-hydrogen) atoms. The molecule has 0 aliphatic rings. The lowest BCUT2D eigenvalue weighted by molar-refractivity contribution is 0.361. The predicted octanol–water partition coefficient (Wildman–Crippen LogP) is 2.71. The van der Waals surface area contributed by atoms with E-state index in [1.165, 1.54) is 0 Å². The zero-order valence-corrected chi connectivity index (χ0v) is 12.2. The molecule has 0 aliphatic carbocycles. The van der Waals surface area contributed by atoms with E-state index in [4.69, 9.17) is 0 Å². The molecule has 0 aliphatic heterocycles. The van der Waals surface area contributed by atoms with Crippen LogP contribution in [0.15, 0.2) is 16.9 Å². The lowest BCUT2D eigenvalue weighted by Gasteiger charge is -2.25. The van der Waals surface area contributed by atoms with Crippen LogP contribution >= 0.6 is 15.9 Å². The first-order valence-electron chi connectivity index (χ1n) is 5.82. The number of nitrogens with one attached hydrogen (secondary N) is 1. The van der Waals surface area contributed by atoms with Crippen LogP contribution < -0.4 is 5.32 Å². The summed E-state index contributed by atoms with van der Waals surface area (Å²) in [6, 6.07) is 2.67. The summed E-state index contributed by atoms with van der Waals surface area (Å²) in [5.74, 6) is 0. The van der Waals surface area contributed by atoms with Crippen molar-refractivity contribution in [3.8, 4) is 6.07 Å². The molecule has 1 rings (SSSR count). The molecule has 0 amide bonds. The molecule has 1 aromatic rings. The normalized spacial score (nSPS) is 14.6. The third-order valence-electron chi connectivity index (χ3n) is 2.52. The first-order valence-corrected chi connectivity index (χ1v) is 6.61. The molecule has 0 saturated heterocycles. The maximum atomic E-state index is 9.19. The summed E-state index contributed by atoms with van der Waals surface area (Å²) in [6.07, 6.45) is 5.46. The zero-order chi connectivity index (χ0) is 12.9. The zero-order valence-electron chi connectivity index (χ0n) is 10.6. The number of halogens is 1. The fourth-order valence-electron chi connectivity index (χ4n) is 1.85. The van der Waals surface area contributed by atoms with E-state index in [2.05, 4.69) is 46.3 Å². The Morgan fingerprint density at radius 1 is 1.65 bits per heavy atom. The van der Waals surface area contributed by atoms with Gasteiger partial charge in [-0.1, -0.05) is 0 Å². The second-order valence-corrected chi connectivity index (χ2v) is 5.68. The molecule has 1 aromatic heterocycles.